The third-order valence-electron chi connectivity index (χ3n) is 8.03. The van der Waals surface area contributed by atoms with Gasteiger partial charge in [-0.15, -0.1) is 0 Å². The van der Waals surface area contributed by atoms with Crippen LogP contribution in [0.2, 0.25) is 0 Å². The molecule has 0 unspecified atom stereocenters. The maximum Gasteiger partial charge on any atom is 0.134 e. The molecular weight excluding hydrogens is 474 g/mol. The van der Waals surface area contributed by atoms with Gasteiger partial charge in [-0.1, -0.05) is 44.2 Å². The number of aliphatic hydroxyl groups is 1. The zero-order valence-corrected chi connectivity index (χ0v) is 22.7. The Morgan fingerprint density at radius 2 is 1.63 bits per heavy atom. The number of aromatic nitrogens is 3. The van der Waals surface area contributed by atoms with Gasteiger partial charge in [0.2, 0.25) is 0 Å². The zero-order chi connectivity index (χ0) is 26.4. The molecule has 0 saturated carbocycles. The van der Waals surface area contributed by atoms with E-state index in [1.54, 1.807) is 6.33 Å². The van der Waals surface area contributed by atoms with Crippen LogP contribution >= 0.6 is 0 Å². The van der Waals surface area contributed by atoms with Crippen LogP contribution in [-0.2, 0) is 13.1 Å². The second-order valence-electron chi connectivity index (χ2n) is 11.6. The Morgan fingerprint density at radius 1 is 0.868 bits per heavy atom. The minimum absolute atomic E-state index is 0.464. The fraction of sp³-hybridized carbons (Fsp3) is 0.500. The molecule has 8 nitrogen and oxygen atoms in total. The van der Waals surface area contributed by atoms with Gasteiger partial charge in [0.1, 0.15) is 18.0 Å². The summed E-state index contributed by atoms with van der Waals surface area (Å²) < 4.78 is 0. The van der Waals surface area contributed by atoms with E-state index in [4.69, 9.17) is 0 Å². The molecule has 8 heteroatoms. The van der Waals surface area contributed by atoms with E-state index in [9.17, 15) is 5.11 Å². The Labute approximate surface area is 226 Å². The summed E-state index contributed by atoms with van der Waals surface area (Å²) in [5.41, 5.74) is 2.97. The van der Waals surface area contributed by atoms with Crippen LogP contribution in [0.25, 0.3) is 0 Å². The van der Waals surface area contributed by atoms with Gasteiger partial charge in [0, 0.05) is 38.8 Å². The van der Waals surface area contributed by atoms with E-state index in [-0.39, 0.29) is 0 Å². The van der Waals surface area contributed by atoms with Crippen LogP contribution in [-0.4, -0.2) is 63.3 Å². The quantitative estimate of drug-likeness (QED) is 0.383. The summed E-state index contributed by atoms with van der Waals surface area (Å²) in [6, 6.07) is 16.5. The molecule has 4 heterocycles. The largest absolute Gasteiger partial charge is 0.388 e. The Kier molecular flexibility index (Phi) is 8.09. The highest BCUT2D eigenvalue weighted by atomic mass is 16.3. The minimum Gasteiger partial charge on any atom is -0.388 e. The number of anilines is 3. The average Bonchev–Trinajstić information content (AvgIpc) is 2.94. The molecular formula is C30H41N7O. The third kappa shape index (κ3) is 7.20. The van der Waals surface area contributed by atoms with Crippen LogP contribution in [0.5, 0.6) is 0 Å². The molecule has 0 atom stereocenters. The van der Waals surface area contributed by atoms with Crippen LogP contribution in [0.15, 0.2) is 61.1 Å². The lowest BCUT2D eigenvalue weighted by Gasteiger charge is -2.39. The van der Waals surface area contributed by atoms with Crippen molar-refractivity contribution in [2.24, 2.45) is 5.41 Å². The Hall–Kier alpha value is -3.23. The lowest BCUT2D eigenvalue weighted by atomic mass is 9.83. The van der Waals surface area contributed by atoms with Gasteiger partial charge in [0.05, 0.1) is 23.2 Å². The van der Waals surface area contributed by atoms with Crippen molar-refractivity contribution >= 4 is 17.3 Å². The first-order valence-electron chi connectivity index (χ1n) is 13.8. The van der Waals surface area contributed by atoms with Crippen molar-refractivity contribution in [2.75, 3.05) is 48.3 Å². The molecule has 3 N–H and O–H groups in total. The summed E-state index contributed by atoms with van der Waals surface area (Å²) in [5.74, 6) is 1.70. The van der Waals surface area contributed by atoms with E-state index < -0.39 is 5.60 Å². The van der Waals surface area contributed by atoms with Crippen molar-refractivity contribution in [3.8, 4) is 0 Å². The number of rotatable bonds is 9. The number of piperidine rings is 2. The third-order valence-corrected chi connectivity index (χ3v) is 8.03. The Bertz CT molecular complexity index is 1150. The van der Waals surface area contributed by atoms with E-state index in [2.05, 4.69) is 73.5 Å². The molecule has 1 aromatic carbocycles. The summed E-state index contributed by atoms with van der Waals surface area (Å²) >= 11 is 0. The molecule has 202 valence electrons. The number of hydrogen-bond donors (Lipinski definition) is 3. The van der Waals surface area contributed by atoms with Crippen molar-refractivity contribution in [3.63, 3.8) is 0 Å². The van der Waals surface area contributed by atoms with Gasteiger partial charge in [-0.2, -0.15) is 0 Å². The summed E-state index contributed by atoms with van der Waals surface area (Å²) in [6.07, 6.45) is 7.33. The first-order valence-corrected chi connectivity index (χ1v) is 13.8. The fourth-order valence-corrected chi connectivity index (χ4v) is 5.17. The molecule has 0 radical (unpaired) electrons. The van der Waals surface area contributed by atoms with Crippen LogP contribution in [0.4, 0.5) is 17.3 Å². The topological polar surface area (TPSA) is 89.4 Å². The zero-order valence-electron chi connectivity index (χ0n) is 22.7. The smallest absolute Gasteiger partial charge is 0.134 e. The summed E-state index contributed by atoms with van der Waals surface area (Å²) in [4.78, 5) is 18.2. The van der Waals surface area contributed by atoms with Crippen molar-refractivity contribution in [3.05, 3.63) is 72.3 Å². The van der Waals surface area contributed by atoms with Crippen molar-refractivity contribution in [1.29, 1.82) is 0 Å². The fourth-order valence-electron chi connectivity index (χ4n) is 5.17. The molecule has 0 bridgehead atoms. The van der Waals surface area contributed by atoms with E-state index in [1.165, 1.54) is 18.4 Å². The van der Waals surface area contributed by atoms with Gasteiger partial charge in [-0.3, -0.25) is 9.88 Å². The first-order chi connectivity index (χ1) is 18.4. The van der Waals surface area contributed by atoms with Gasteiger partial charge in [0.15, 0.2) is 0 Å². The predicted molar refractivity (Wildman–Crippen MR) is 153 cm³/mol. The normalized spacial score (nSPS) is 19.2. The molecule has 0 spiro atoms. The van der Waals surface area contributed by atoms with Gasteiger partial charge in [-0.05, 0) is 61.9 Å². The maximum absolute atomic E-state index is 11.2. The highest BCUT2D eigenvalue weighted by Gasteiger charge is 2.33. The molecule has 0 amide bonds. The summed E-state index contributed by atoms with van der Waals surface area (Å²) in [5, 5.41) is 18.0. The summed E-state index contributed by atoms with van der Waals surface area (Å²) in [7, 11) is 0. The Morgan fingerprint density at radius 3 is 2.34 bits per heavy atom. The molecule has 3 aromatic rings. The number of nitrogens with one attached hydrogen (secondary N) is 2. The molecule has 0 aliphatic carbocycles. The van der Waals surface area contributed by atoms with Gasteiger partial charge >= 0.3 is 0 Å². The van der Waals surface area contributed by atoms with E-state index in [0.29, 0.717) is 24.8 Å². The van der Waals surface area contributed by atoms with Crippen molar-refractivity contribution < 1.29 is 5.11 Å². The average molecular weight is 516 g/mol. The Balaban J connectivity index is 1.07. The maximum atomic E-state index is 11.2. The van der Waals surface area contributed by atoms with Crippen LogP contribution in [0.3, 0.4) is 0 Å². The van der Waals surface area contributed by atoms with Crippen LogP contribution in [0.1, 0.15) is 50.8 Å². The van der Waals surface area contributed by atoms with E-state index >= 15 is 0 Å². The number of benzene rings is 1. The molecule has 2 fully saturated rings. The molecule has 2 aromatic heterocycles. The van der Waals surface area contributed by atoms with E-state index in [0.717, 1.165) is 62.3 Å². The molecule has 38 heavy (non-hydrogen) atoms. The minimum atomic E-state index is -0.753. The van der Waals surface area contributed by atoms with Crippen LogP contribution in [0, 0.1) is 5.41 Å². The van der Waals surface area contributed by atoms with Crippen molar-refractivity contribution in [2.45, 2.75) is 58.2 Å². The summed E-state index contributed by atoms with van der Waals surface area (Å²) in [6.45, 7) is 10.6. The SMILES string of the molecule is CC1(C)CCN(Cc2ccc(NCC3(O)CCN(c4cc(NCc5ccccc5)ncn4)CC3)cn2)CC1. The van der Waals surface area contributed by atoms with Gasteiger partial charge in [-0.25, -0.2) is 9.97 Å². The molecule has 2 aliphatic rings. The number of likely N-dealkylation sites (tertiary alicyclic amines) is 1. The first kappa shape index (κ1) is 26.4. The lowest BCUT2D eigenvalue weighted by Crippen LogP contribution is -2.48. The second kappa shape index (κ2) is 11.7. The van der Waals surface area contributed by atoms with Gasteiger partial charge < -0.3 is 20.6 Å². The number of hydrogen-bond acceptors (Lipinski definition) is 8. The standard InChI is InChI=1S/C30H41N7O/c1-29(2)10-14-36(15-11-29)21-26-9-8-25(20-31-26)33-22-30(38)12-16-37(17-13-30)28-18-27(34-23-35-28)32-19-24-6-4-3-5-7-24/h3-9,18,20,23,33,38H,10-17,19,21-22H2,1-2H3,(H,32,34,35). The highest BCUT2D eigenvalue weighted by Crippen LogP contribution is 2.30. The number of nitrogens with zero attached hydrogens (tertiary/aromatic N) is 5. The molecule has 5 rings (SSSR count). The molecule has 2 aliphatic heterocycles. The van der Waals surface area contributed by atoms with Crippen LogP contribution < -0.4 is 15.5 Å². The van der Waals surface area contributed by atoms with E-state index in [1.807, 2.05) is 30.5 Å². The lowest BCUT2D eigenvalue weighted by molar-refractivity contribution is 0.0289. The number of pyridine rings is 1. The van der Waals surface area contributed by atoms with Gasteiger partial charge in [0.25, 0.3) is 0 Å². The van der Waals surface area contributed by atoms with Crippen molar-refractivity contribution in [1.82, 2.24) is 19.9 Å². The molecule has 2 saturated heterocycles. The predicted octanol–water partition coefficient (Wildman–Crippen LogP) is 4.55. The monoisotopic (exact) mass is 515 g/mol. The highest BCUT2D eigenvalue weighted by molar-refractivity contribution is 5.49. The second-order valence-corrected chi connectivity index (χ2v) is 11.6.